The number of nitro groups is 2. The molecule has 0 amide bonds. The standard InChI is InChI=1S/C24H26N4O8/c1-13-9-10-24(4,26-13)11-12-36-23(30)19-15(3)25-14(2)18(22(29)35-5)21(19)20-16(27(31)32)7-6-8-17(20)28(33)34/h6-10,21,25H,11-12H2,1-5H3. The minimum Gasteiger partial charge on any atom is -0.466 e. The number of rotatable bonds is 8. The number of nitrogens with one attached hydrogen (secondary N) is 1. The summed E-state index contributed by atoms with van der Waals surface area (Å²) >= 11 is 0. The van der Waals surface area contributed by atoms with Crippen LogP contribution >= 0.6 is 0 Å². The first-order valence-electron chi connectivity index (χ1n) is 11.0. The maximum Gasteiger partial charge on any atom is 0.336 e. The molecule has 12 heteroatoms. The third-order valence-electron chi connectivity index (χ3n) is 6.08. The van der Waals surface area contributed by atoms with E-state index in [4.69, 9.17) is 9.47 Å². The second-order valence-electron chi connectivity index (χ2n) is 8.68. The number of allylic oxidation sites excluding steroid dienone is 3. The highest BCUT2D eigenvalue weighted by atomic mass is 16.6. The number of hydrogen-bond donors (Lipinski definition) is 1. The maximum absolute atomic E-state index is 13.4. The van der Waals surface area contributed by atoms with Gasteiger partial charge in [0.25, 0.3) is 11.4 Å². The zero-order valence-corrected chi connectivity index (χ0v) is 20.5. The molecule has 1 aromatic carbocycles. The molecule has 2 aliphatic heterocycles. The summed E-state index contributed by atoms with van der Waals surface area (Å²) in [5.41, 5.74) is -1.21. The number of aliphatic imine (C=N–C) groups is 1. The van der Waals surface area contributed by atoms with Gasteiger partial charge in [-0.3, -0.25) is 25.2 Å². The number of hydrogen-bond acceptors (Lipinski definition) is 10. The quantitative estimate of drug-likeness (QED) is 0.320. The molecule has 36 heavy (non-hydrogen) atoms. The van der Waals surface area contributed by atoms with Gasteiger partial charge in [0.05, 0.1) is 46.2 Å². The van der Waals surface area contributed by atoms with Gasteiger partial charge in [-0.15, -0.1) is 0 Å². The van der Waals surface area contributed by atoms with Gasteiger partial charge in [0.1, 0.15) is 5.56 Å². The lowest BCUT2D eigenvalue weighted by Crippen LogP contribution is -2.33. The van der Waals surface area contributed by atoms with Crippen molar-refractivity contribution in [2.24, 2.45) is 4.99 Å². The van der Waals surface area contributed by atoms with E-state index in [1.165, 1.54) is 19.9 Å². The molecule has 3 rings (SSSR count). The zero-order chi connectivity index (χ0) is 26.8. The van der Waals surface area contributed by atoms with Crippen molar-refractivity contribution in [2.75, 3.05) is 13.7 Å². The molecule has 0 aromatic heterocycles. The van der Waals surface area contributed by atoms with Crippen LogP contribution in [0.5, 0.6) is 0 Å². The smallest absolute Gasteiger partial charge is 0.336 e. The molecular weight excluding hydrogens is 472 g/mol. The van der Waals surface area contributed by atoms with Gasteiger partial charge >= 0.3 is 11.9 Å². The number of carbonyl (C=O) groups is 2. The molecule has 12 nitrogen and oxygen atoms in total. The van der Waals surface area contributed by atoms with Gasteiger partial charge in [-0.05, 0) is 39.8 Å². The van der Waals surface area contributed by atoms with E-state index in [0.717, 1.165) is 25.0 Å². The lowest BCUT2D eigenvalue weighted by Gasteiger charge is -2.30. The Morgan fingerprint density at radius 3 is 2.08 bits per heavy atom. The normalized spacial score (nSPS) is 21.1. The highest BCUT2D eigenvalue weighted by Gasteiger charge is 2.44. The summed E-state index contributed by atoms with van der Waals surface area (Å²) in [6.45, 7) is 6.72. The van der Waals surface area contributed by atoms with Gasteiger partial charge < -0.3 is 14.8 Å². The summed E-state index contributed by atoms with van der Waals surface area (Å²) < 4.78 is 10.4. The SMILES string of the molecule is COC(=O)C1=C(C)NC(C)=C(C(=O)OCCC2(C)C=CC(C)=N2)C1c1c([N+](=O)[O-])cccc1[N+](=O)[O-]. The number of methoxy groups -OCH3 is 1. The van der Waals surface area contributed by atoms with Crippen LogP contribution in [0.15, 0.2) is 57.9 Å². The van der Waals surface area contributed by atoms with Gasteiger partial charge in [-0.1, -0.05) is 6.08 Å². The Morgan fingerprint density at radius 2 is 1.61 bits per heavy atom. The average molecular weight is 498 g/mol. The molecule has 0 aliphatic carbocycles. The largest absolute Gasteiger partial charge is 0.466 e. The topological polar surface area (TPSA) is 163 Å². The molecule has 190 valence electrons. The number of esters is 2. The molecule has 1 aromatic rings. The van der Waals surface area contributed by atoms with Crippen molar-refractivity contribution in [1.29, 1.82) is 0 Å². The molecule has 0 bridgehead atoms. The highest BCUT2D eigenvalue weighted by molar-refractivity contribution is 6.00. The van der Waals surface area contributed by atoms with Gasteiger partial charge in [-0.25, -0.2) is 9.59 Å². The van der Waals surface area contributed by atoms with Gasteiger partial charge in [0.2, 0.25) is 0 Å². The van der Waals surface area contributed by atoms with E-state index in [1.54, 1.807) is 0 Å². The number of nitrogens with zero attached hydrogens (tertiary/aromatic N) is 3. The Balaban J connectivity index is 2.11. The van der Waals surface area contributed by atoms with Crippen LogP contribution in [0.4, 0.5) is 11.4 Å². The van der Waals surface area contributed by atoms with Crippen molar-refractivity contribution in [1.82, 2.24) is 5.32 Å². The molecule has 0 saturated carbocycles. The van der Waals surface area contributed by atoms with Crippen molar-refractivity contribution >= 4 is 29.0 Å². The minimum absolute atomic E-state index is 0.0464. The van der Waals surface area contributed by atoms with Crippen molar-refractivity contribution in [3.8, 4) is 0 Å². The Kier molecular flexibility index (Phi) is 7.37. The van der Waals surface area contributed by atoms with Crippen molar-refractivity contribution in [3.63, 3.8) is 0 Å². The third-order valence-corrected chi connectivity index (χ3v) is 6.08. The van der Waals surface area contributed by atoms with E-state index in [9.17, 15) is 29.8 Å². The first-order valence-corrected chi connectivity index (χ1v) is 11.0. The lowest BCUT2D eigenvalue weighted by atomic mass is 9.79. The second kappa shape index (κ2) is 10.1. The molecule has 0 fully saturated rings. The fourth-order valence-corrected chi connectivity index (χ4v) is 4.43. The van der Waals surface area contributed by atoms with Crippen LogP contribution < -0.4 is 5.32 Å². The van der Waals surface area contributed by atoms with E-state index >= 15 is 0 Å². The molecule has 0 saturated heterocycles. The molecule has 2 aliphatic rings. The molecule has 1 N–H and O–H groups in total. The maximum atomic E-state index is 13.4. The molecule has 0 spiro atoms. The highest BCUT2D eigenvalue weighted by Crippen LogP contribution is 2.46. The van der Waals surface area contributed by atoms with E-state index < -0.39 is 50.2 Å². The van der Waals surface area contributed by atoms with E-state index in [0.29, 0.717) is 6.42 Å². The van der Waals surface area contributed by atoms with Crippen molar-refractivity contribution < 1.29 is 28.9 Å². The van der Waals surface area contributed by atoms with E-state index in [-0.39, 0.29) is 29.1 Å². The number of benzene rings is 1. The van der Waals surface area contributed by atoms with Crippen LogP contribution in [0.25, 0.3) is 0 Å². The zero-order valence-electron chi connectivity index (χ0n) is 20.5. The van der Waals surface area contributed by atoms with Crippen LogP contribution in [-0.2, 0) is 19.1 Å². The predicted octanol–water partition coefficient (Wildman–Crippen LogP) is 3.63. The van der Waals surface area contributed by atoms with Crippen LogP contribution in [0.1, 0.15) is 45.6 Å². The second-order valence-corrected chi connectivity index (χ2v) is 8.68. The van der Waals surface area contributed by atoms with Crippen LogP contribution in [0.3, 0.4) is 0 Å². The van der Waals surface area contributed by atoms with Gasteiger partial charge in [0.15, 0.2) is 0 Å². The van der Waals surface area contributed by atoms with Gasteiger partial charge in [-0.2, -0.15) is 0 Å². The molecule has 2 atom stereocenters. The number of ether oxygens (including phenoxy) is 2. The molecule has 0 radical (unpaired) electrons. The van der Waals surface area contributed by atoms with Crippen molar-refractivity contribution in [2.45, 2.75) is 45.6 Å². The van der Waals surface area contributed by atoms with E-state index in [2.05, 4.69) is 10.3 Å². The first kappa shape index (κ1) is 26.3. The Labute approximate surface area is 206 Å². The van der Waals surface area contributed by atoms with Crippen LogP contribution in [0.2, 0.25) is 0 Å². The van der Waals surface area contributed by atoms with Gasteiger partial charge in [0, 0.05) is 35.7 Å². The summed E-state index contributed by atoms with van der Waals surface area (Å²) in [4.78, 5) is 52.9. The Morgan fingerprint density at radius 1 is 1.06 bits per heavy atom. The summed E-state index contributed by atoms with van der Waals surface area (Å²) in [7, 11) is 1.11. The Hall–Kier alpha value is -4.35. The minimum atomic E-state index is -1.48. The lowest BCUT2D eigenvalue weighted by molar-refractivity contribution is -0.395. The van der Waals surface area contributed by atoms with E-state index in [1.807, 2.05) is 26.0 Å². The summed E-state index contributed by atoms with van der Waals surface area (Å²) in [6, 6.07) is 3.34. The third kappa shape index (κ3) is 5.02. The van der Waals surface area contributed by atoms with Crippen LogP contribution in [0, 0.1) is 20.2 Å². The van der Waals surface area contributed by atoms with Crippen LogP contribution in [-0.4, -0.2) is 46.8 Å². The Bertz CT molecular complexity index is 1240. The van der Waals surface area contributed by atoms with Crippen molar-refractivity contribution in [3.05, 3.63) is 78.7 Å². The average Bonchev–Trinajstić information content (AvgIpc) is 3.15. The summed E-state index contributed by atoms with van der Waals surface area (Å²) in [5.74, 6) is -3.25. The fourth-order valence-electron chi connectivity index (χ4n) is 4.43. The summed E-state index contributed by atoms with van der Waals surface area (Å²) in [6.07, 6.45) is 4.12. The molecular formula is C24H26N4O8. The number of nitro benzene ring substituents is 2. The summed E-state index contributed by atoms with van der Waals surface area (Å²) in [5, 5.41) is 26.7. The fraction of sp³-hybridized carbons (Fsp3) is 0.375. The molecule has 2 unspecified atom stereocenters. The first-order chi connectivity index (χ1) is 16.9. The predicted molar refractivity (Wildman–Crippen MR) is 129 cm³/mol. The number of carbonyl (C=O) groups excluding carboxylic acids is 2. The monoisotopic (exact) mass is 498 g/mol. The molecule has 2 heterocycles. The number of dihydropyridines is 1.